The Morgan fingerprint density at radius 1 is 0.786 bits per heavy atom. The molecule has 0 rings (SSSR count). The predicted octanol–water partition coefficient (Wildman–Crippen LogP) is -3.13. The van der Waals surface area contributed by atoms with Gasteiger partial charge in [0.1, 0.15) is 0 Å². The van der Waals surface area contributed by atoms with Crippen molar-refractivity contribution in [3.8, 4) is 0 Å². The molecule has 0 bridgehead atoms. The fourth-order valence-corrected chi connectivity index (χ4v) is 0.843. The summed E-state index contributed by atoms with van der Waals surface area (Å²) in [6.45, 7) is 1.47. The van der Waals surface area contributed by atoms with Gasteiger partial charge in [-0.15, -0.1) is 0 Å². The van der Waals surface area contributed by atoms with Crippen LogP contribution in [0.3, 0.4) is 0 Å². The highest BCUT2D eigenvalue weighted by Crippen LogP contribution is 1.77. The summed E-state index contributed by atoms with van der Waals surface area (Å²) in [6.07, 6.45) is -1.45. The molecule has 6 heteroatoms. The van der Waals surface area contributed by atoms with Gasteiger partial charge in [-0.3, -0.25) is 0 Å². The molecule has 2 unspecified atom stereocenters. The number of aliphatic hydroxyl groups is 4. The second-order valence-electron chi connectivity index (χ2n) is 3.08. The SMILES string of the molecule is OCC(O)CNCCNCC(O)CO. The van der Waals surface area contributed by atoms with Crippen molar-refractivity contribution in [3.63, 3.8) is 0 Å². The van der Waals surface area contributed by atoms with E-state index < -0.39 is 12.2 Å². The van der Waals surface area contributed by atoms with Crippen LogP contribution in [0.2, 0.25) is 0 Å². The lowest BCUT2D eigenvalue weighted by Crippen LogP contribution is -2.37. The van der Waals surface area contributed by atoms with Crippen molar-refractivity contribution in [1.82, 2.24) is 10.6 Å². The molecule has 86 valence electrons. The molecule has 2 atom stereocenters. The minimum Gasteiger partial charge on any atom is -0.394 e. The lowest BCUT2D eigenvalue weighted by molar-refractivity contribution is 0.0917. The molecule has 0 amide bonds. The zero-order valence-electron chi connectivity index (χ0n) is 8.19. The van der Waals surface area contributed by atoms with E-state index in [1.807, 2.05) is 0 Å². The van der Waals surface area contributed by atoms with Crippen LogP contribution in [0, 0.1) is 0 Å². The molecule has 0 saturated carbocycles. The van der Waals surface area contributed by atoms with Crippen LogP contribution in [-0.4, -0.2) is 72.0 Å². The lowest BCUT2D eigenvalue weighted by Gasteiger charge is -2.11. The largest absolute Gasteiger partial charge is 0.394 e. The second-order valence-corrected chi connectivity index (χ2v) is 3.08. The maximum absolute atomic E-state index is 8.93. The number of nitrogens with one attached hydrogen (secondary N) is 2. The van der Waals surface area contributed by atoms with Gasteiger partial charge in [0.05, 0.1) is 25.4 Å². The summed E-state index contributed by atoms with van der Waals surface area (Å²) >= 11 is 0. The first kappa shape index (κ1) is 13.8. The minimum absolute atomic E-state index is 0.246. The summed E-state index contributed by atoms with van der Waals surface area (Å²) in [5.41, 5.74) is 0. The van der Waals surface area contributed by atoms with E-state index in [1.165, 1.54) is 0 Å². The molecule has 0 radical (unpaired) electrons. The Bertz CT molecular complexity index is 112. The van der Waals surface area contributed by atoms with Gasteiger partial charge in [-0.1, -0.05) is 0 Å². The Morgan fingerprint density at radius 3 is 1.43 bits per heavy atom. The van der Waals surface area contributed by atoms with Crippen molar-refractivity contribution >= 4 is 0 Å². The Morgan fingerprint density at radius 2 is 1.14 bits per heavy atom. The van der Waals surface area contributed by atoms with Crippen LogP contribution in [-0.2, 0) is 0 Å². The lowest BCUT2D eigenvalue weighted by atomic mass is 10.3. The highest BCUT2D eigenvalue weighted by atomic mass is 16.3. The van der Waals surface area contributed by atoms with E-state index in [-0.39, 0.29) is 13.2 Å². The van der Waals surface area contributed by atoms with E-state index in [2.05, 4.69) is 10.6 Å². The summed E-state index contributed by atoms with van der Waals surface area (Å²) in [5.74, 6) is 0. The van der Waals surface area contributed by atoms with Gasteiger partial charge < -0.3 is 31.1 Å². The zero-order chi connectivity index (χ0) is 10.8. The zero-order valence-corrected chi connectivity index (χ0v) is 8.19. The van der Waals surface area contributed by atoms with Crippen LogP contribution in [0.4, 0.5) is 0 Å². The average molecular weight is 208 g/mol. The van der Waals surface area contributed by atoms with E-state index in [1.54, 1.807) is 0 Å². The van der Waals surface area contributed by atoms with Crippen molar-refractivity contribution in [2.45, 2.75) is 12.2 Å². The third-order valence-electron chi connectivity index (χ3n) is 1.66. The van der Waals surface area contributed by atoms with Gasteiger partial charge in [0.15, 0.2) is 0 Å². The highest BCUT2D eigenvalue weighted by molar-refractivity contribution is 4.60. The summed E-state index contributed by atoms with van der Waals surface area (Å²) in [6, 6.07) is 0. The van der Waals surface area contributed by atoms with Crippen LogP contribution in [0.25, 0.3) is 0 Å². The Labute approximate surface area is 83.6 Å². The van der Waals surface area contributed by atoms with Gasteiger partial charge in [0.25, 0.3) is 0 Å². The van der Waals surface area contributed by atoms with Crippen molar-refractivity contribution in [2.75, 3.05) is 39.4 Å². The normalized spacial score (nSPS) is 15.4. The van der Waals surface area contributed by atoms with Crippen molar-refractivity contribution in [3.05, 3.63) is 0 Å². The Balaban J connectivity index is 3.06. The molecule has 0 aliphatic heterocycles. The summed E-state index contributed by atoms with van der Waals surface area (Å²) in [4.78, 5) is 0. The number of rotatable bonds is 9. The van der Waals surface area contributed by atoms with Gasteiger partial charge in [0, 0.05) is 26.2 Å². The molecule has 0 heterocycles. The maximum atomic E-state index is 8.93. The smallest absolute Gasteiger partial charge is 0.0894 e. The van der Waals surface area contributed by atoms with Crippen LogP contribution >= 0.6 is 0 Å². The topological polar surface area (TPSA) is 105 Å². The number of hydrogen-bond acceptors (Lipinski definition) is 6. The molecule has 6 N–H and O–H groups in total. The first-order valence-corrected chi connectivity index (χ1v) is 4.70. The molecule has 6 nitrogen and oxygen atoms in total. The minimum atomic E-state index is -0.724. The van der Waals surface area contributed by atoms with Gasteiger partial charge >= 0.3 is 0 Å². The standard InChI is InChI=1S/C8H20N2O4/c11-5-7(13)3-9-1-2-10-4-8(14)6-12/h7-14H,1-6H2. The Kier molecular flexibility index (Phi) is 9.16. The van der Waals surface area contributed by atoms with Crippen molar-refractivity contribution in [1.29, 1.82) is 0 Å². The van der Waals surface area contributed by atoms with Gasteiger partial charge in [-0.25, -0.2) is 0 Å². The molecule has 0 fully saturated rings. The summed E-state index contributed by atoms with van der Waals surface area (Å²) < 4.78 is 0. The molecule has 0 aromatic rings. The summed E-state index contributed by atoms with van der Waals surface area (Å²) in [7, 11) is 0. The first-order chi connectivity index (χ1) is 6.70. The second kappa shape index (κ2) is 9.32. The fraction of sp³-hybridized carbons (Fsp3) is 1.00. The van der Waals surface area contributed by atoms with Gasteiger partial charge in [-0.05, 0) is 0 Å². The first-order valence-electron chi connectivity index (χ1n) is 4.70. The van der Waals surface area contributed by atoms with Gasteiger partial charge in [-0.2, -0.15) is 0 Å². The van der Waals surface area contributed by atoms with Gasteiger partial charge in [0.2, 0.25) is 0 Å². The quantitative estimate of drug-likeness (QED) is 0.224. The maximum Gasteiger partial charge on any atom is 0.0894 e. The molecular weight excluding hydrogens is 188 g/mol. The fourth-order valence-electron chi connectivity index (χ4n) is 0.843. The van der Waals surface area contributed by atoms with Crippen LogP contribution in [0.1, 0.15) is 0 Å². The average Bonchev–Trinajstić information content (AvgIpc) is 2.22. The van der Waals surface area contributed by atoms with Crippen LogP contribution in [0.5, 0.6) is 0 Å². The van der Waals surface area contributed by atoms with Crippen LogP contribution < -0.4 is 10.6 Å². The third-order valence-corrected chi connectivity index (χ3v) is 1.66. The molecule has 0 spiro atoms. The van der Waals surface area contributed by atoms with Crippen LogP contribution in [0.15, 0.2) is 0 Å². The predicted molar refractivity (Wildman–Crippen MR) is 51.9 cm³/mol. The van der Waals surface area contributed by atoms with E-state index in [4.69, 9.17) is 20.4 Å². The third kappa shape index (κ3) is 8.36. The number of hydrogen-bond donors (Lipinski definition) is 6. The molecule has 0 aromatic heterocycles. The molecule has 0 aliphatic rings. The van der Waals surface area contributed by atoms with E-state index in [0.29, 0.717) is 26.2 Å². The molecule has 0 saturated heterocycles. The van der Waals surface area contributed by atoms with Crippen molar-refractivity contribution in [2.24, 2.45) is 0 Å². The van der Waals surface area contributed by atoms with E-state index in [9.17, 15) is 0 Å². The van der Waals surface area contributed by atoms with E-state index in [0.717, 1.165) is 0 Å². The molecular formula is C8H20N2O4. The van der Waals surface area contributed by atoms with E-state index >= 15 is 0 Å². The number of aliphatic hydroxyl groups excluding tert-OH is 4. The monoisotopic (exact) mass is 208 g/mol. The summed E-state index contributed by atoms with van der Waals surface area (Å²) in [5, 5.41) is 40.6. The molecule has 14 heavy (non-hydrogen) atoms. The Hall–Kier alpha value is -0.240. The molecule has 0 aliphatic carbocycles. The van der Waals surface area contributed by atoms with Crippen molar-refractivity contribution < 1.29 is 20.4 Å². The highest BCUT2D eigenvalue weighted by Gasteiger charge is 2.01. The molecule has 0 aromatic carbocycles.